The highest BCUT2D eigenvalue weighted by Gasteiger charge is 2.17. The Balaban J connectivity index is 2.26. The molecule has 0 aliphatic carbocycles. The molecule has 0 aliphatic heterocycles. The van der Waals surface area contributed by atoms with E-state index in [0.29, 0.717) is 16.8 Å². The topological polar surface area (TPSA) is 92.4 Å². The van der Waals surface area contributed by atoms with E-state index in [1.807, 2.05) is 13.0 Å². The van der Waals surface area contributed by atoms with E-state index in [4.69, 9.17) is 5.73 Å². The summed E-state index contributed by atoms with van der Waals surface area (Å²) in [6.07, 6.45) is 0. The standard InChI is InChI=1S/C15H18N2O3S/c1-10-3-4-11(2)15(7-10)21(19,20)17-9-12-8-13(16)5-6-14(12)18/h3-8,17-18H,9,16H2,1-2H3. The fourth-order valence-corrected chi connectivity index (χ4v) is 3.33. The van der Waals surface area contributed by atoms with Crippen LogP contribution in [0, 0.1) is 13.8 Å². The molecule has 0 saturated carbocycles. The van der Waals surface area contributed by atoms with Crippen molar-refractivity contribution >= 4 is 15.7 Å². The lowest BCUT2D eigenvalue weighted by Crippen LogP contribution is -2.24. The summed E-state index contributed by atoms with van der Waals surface area (Å²) < 4.78 is 27.2. The van der Waals surface area contributed by atoms with E-state index in [2.05, 4.69) is 4.72 Å². The minimum Gasteiger partial charge on any atom is -0.508 e. The number of aryl methyl sites for hydroxylation is 2. The van der Waals surface area contributed by atoms with Gasteiger partial charge in [-0.15, -0.1) is 0 Å². The van der Waals surface area contributed by atoms with Gasteiger partial charge in [-0.2, -0.15) is 0 Å². The van der Waals surface area contributed by atoms with E-state index in [1.54, 1.807) is 31.2 Å². The third kappa shape index (κ3) is 3.53. The van der Waals surface area contributed by atoms with Crippen LogP contribution in [0.1, 0.15) is 16.7 Å². The van der Waals surface area contributed by atoms with Crippen LogP contribution in [0.3, 0.4) is 0 Å². The lowest BCUT2D eigenvalue weighted by atomic mass is 10.2. The zero-order valence-corrected chi connectivity index (χ0v) is 12.7. The number of nitrogens with two attached hydrogens (primary N) is 1. The average molecular weight is 306 g/mol. The molecule has 0 atom stereocenters. The average Bonchev–Trinajstić information content (AvgIpc) is 2.42. The summed E-state index contributed by atoms with van der Waals surface area (Å²) in [5.74, 6) is 0.00728. The zero-order valence-electron chi connectivity index (χ0n) is 11.9. The van der Waals surface area contributed by atoms with Crippen molar-refractivity contribution in [3.63, 3.8) is 0 Å². The molecule has 21 heavy (non-hydrogen) atoms. The zero-order chi connectivity index (χ0) is 15.6. The minimum absolute atomic E-state index is 0.00728. The molecule has 0 heterocycles. The Morgan fingerprint density at radius 3 is 2.57 bits per heavy atom. The normalized spacial score (nSPS) is 11.5. The van der Waals surface area contributed by atoms with Gasteiger partial charge in [-0.1, -0.05) is 12.1 Å². The number of nitrogens with one attached hydrogen (secondary N) is 1. The third-order valence-electron chi connectivity index (χ3n) is 3.19. The predicted octanol–water partition coefficient (Wildman–Crippen LogP) is 2.07. The molecule has 5 nitrogen and oxygen atoms in total. The van der Waals surface area contributed by atoms with Crippen LogP contribution in [0.5, 0.6) is 5.75 Å². The van der Waals surface area contributed by atoms with Crippen LogP contribution in [0.2, 0.25) is 0 Å². The lowest BCUT2D eigenvalue weighted by molar-refractivity contribution is 0.467. The van der Waals surface area contributed by atoms with Crippen molar-refractivity contribution in [1.82, 2.24) is 4.72 Å². The van der Waals surface area contributed by atoms with Crippen LogP contribution < -0.4 is 10.5 Å². The second-order valence-corrected chi connectivity index (χ2v) is 6.72. The molecule has 6 heteroatoms. The van der Waals surface area contributed by atoms with Gasteiger partial charge < -0.3 is 10.8 Å². The highest BCUT2D eigenvalue weighted by Crippen LogP contribution is 2.21. The number of hydrogen-bond acceptors (Lipinski definition) is 4. The first kappa shape index (κ1) is 15.3. The first-order valence-corrected chi connectivity index (χ1v) is 7.92. The van der Waals surface area contributed by atoms with Crippen LogP contribution in [0.4, 0.5) is 5.69 Å². The number of nitrogen functional groups attached to an aromatic ring is 1. The number of benzene rings is 2. The summed E-state index contributed by atoms with van der Waals surface area (Å²) in [5.41, 5.74) is 8.07. The number of phenols is 1. The number of hydrogen-bond donors (Lipinski definition) is 3. The number of anilines is 1. The van der Waals surface area contributed by atoms with Crippen molar-refractivity contribution in [2.75, 3.05) is 5.73 Å². The molecule has 0 spiro atoms. The van der Waals surface area contributed by atoms with E-state index in [1.165, 1.54) is 6.07 Å². The van der Waals surface area contributed by atoms with Gasteiger partial charge in [0.05, 0.1) is 4.90 Å². The van der Waals surface area contributed by atoms with Crippen LogP contribution in [0.15, 0.2) is 41.3 Å². The van der Waals surface area contributed by atoms with Gasteiger partial charge in [0.1, 0.15) is 5.75 Å². The number of phenolic OH excluding ortho intramolecular Hbond substituents is 1. The molecular weight excluding hydrogens is 288 g/mol. The Bertz CT molecular complexity index is 770. The Kier molecular flexibility index (Phi) is 4.20. The SMILES string of the molecule is Cc1ccc(C)c(S(=O)(=O)NCc2cc(N)ccc2O)c1. The summed E-state index contributed by atoms with van der Waals surface area (Å²) in [4.78, 5) is 0.242. The van der Waals surface area contributed by atoms with Crippen molar-refractivity contribution in [2.45, 2.75) is 25.3 Å². The molecule has 0 radical (unpaired) electrons. The van der Waals surface area contributed by atoms with E-state index in [0.717, 1.165) is 5.56 Å². The first-order chi connectivity index (χ1) is 9.79. The molecule has 0 unspecified atom stereocenters. The van der Waals surface area contributed by atoms with Gasteiger partial charge in [0, 0.05) is 17.8 Å². The second-order valence-electron chi connectivity index (χ2n) is 4.98. The summed E-state index contributed by atoms with van der Waals surface area (Å²) in [7, 11) is -3.64. The summed E-state index contributed by atoms with van der Waals surface area (Å²) in [5, 5.41) is 9.71. The van der Waals surface area contributed by atoms with Crippen molar-refractivity contribution in [3.05, 3.63) is 53.1 Å². The van der Waals surface area contributed by atoms with Gasteiger partial charge in [0.15, 0.2) is 0 Å². The molecule has 2 rings (SSSR count). The van der Waals surface area contributed by atoms with Crippen LogP contribution in [-0.4, -0.2) is 13.5 Å². The van der Waals surface area contributed by atoms with Crippen molar-refractivity contribution in [1.29, 1.82) is 0 Å². The fraction of sp³-hybridized carbons (Fsp3) is 0.200. The molecule has 0 aliphatic rings. The van der Waals surface area contributed by atoms with Gasteiger partial charge in [-0.3, -0.25) is 0 Å². The van der Waals surface area contributed by atoms with Gasteiger partial charge >= 0.3 is 0 Å². The molecule has 0 amide bonds. The maximum Gasteiger partial charge on any atom is 0.241 e. The van der Waals surface area contributed by atoms with Crippen LogP contribution in [0.25, 0.3) is 0 Å². The molecule has 0 fully saturated rings. The van der Waals surface area contributed by atoms with Gasteiger partial charge in [-0.25, -0.2) is 13.1 Å². The smallest absolute Gasteiger partial charge is 0.241 e. The van der Waals surface area contributed by atoms with Crippen LogP contribution >= 0.6 is 0 Å². The highest BCUT2D eigenvalue weighted by molar-refractivity contribution is 7.89. The third-order valence-corrected chi connectivity index (χ3v) is 4.73. The van der Waals surface area contributed by atoms with Crippen molar-refractivity contribution in [2.24, 2.45) is 0 Å². The molecule has 112 valence electrons. The van der Waals surface area contributed by atoms with Crippen molar-refractivity contribution in [3.8, 4) is 5.75 Å². The molecule has 2 aromatic carbocycles. The highest BCUT2D eigenvalue weighted by atomic mass is 32.2. The summed E-state index contributed by atoms with van der Waals surface area (Å²) in [6.45, 7) is 3.56. The predicted molar refractivity (Wildman–Crippen MR) is 82.5 cm³/mol. The summed E-state index contributed by atoms with van der Waals surface area (Å²) in [6, 6.07) is 9.78. The monoisotopic (exact) mass is 306 g/mol. The fourth-order valence-electron chi connectivity index (χ4n) is 1.99. The molecular formula is C15H18N2O3S. The van der Waals surface area contributed by atoms with Gasteiger partial charge in [-0.05, 0) is 49.2 Å². The van der Waals surface area contributed by atoms with E-state index < -0.39 is 10.0 Å². The molecule has 4 N–H and O–H groups in total. The number of rotatable bonds is 4. The lowest BCUT2D eigenvalue weighted by Gasteiger charge is -2.11. The minimum atomic E-state index is -3.64. The van der Waals surface area contributed by atoms with Gasteiger partial charge in [0.2, 0.25) is 10.0 Å². The molecule has 0 bridgehead atoms. The number of aromatic hydroxyl groups is 1. The molecule has 0 saturated heterocycles. The Morgan fingerprint density at radius 2 is 1.86 bits per heavy atom. The first-order valence-electron chi connectivity index (χ1n) is 6.44. The Labute approximate surface area is 124 Å². The molecule has 0 aromatic heterocycles. The Hall–Kier alpha value is -2.05. The van der Waals surface area contributed by atoms with Gasteiger partial charge in [0.25, 0.3) is 0 Å². The maximum absolute atomic E-state index is 12.4. The Morgan fingerprint density at radius 1 is 1.14 bits per heavy atom. The molecule has 2 aromatic rings. The van der Waals surface area contributed by atoms with E-state index >= 15 is 0 Å². The second kappa shape index (κ2) is 5.75. The largest absolute Gasteiger partial charge is 0.508 e. The van der Waals surface area contributed by atoms with Crippen molar-refractivity contribution < 1.29 is 13.5 Å². The van der Waals surface area contributed by atoms with E-state index in [9.17, 15) is 13.5 Å². The van der Waals surface area contributed by atoms with Crippen LogP contribution in [-0.2, 0) is 16.6 Å². The summed E-state index contributed by atoms with van der Waals surface area (Å²) >= 11 is 0. The number of sulfonamides is 1. The maximum atomic E-state index is 12.4. The van der Waals surface area contributed by atoms with E-state index in [-0.39, 0.29) is 17.2 Å². The quantitative estimate of drug-likeness (QED) is 0.595.